The highest BCUT2D eigenvalue weighted by Gasteiger charge is 2.13. The number of anilines is 1. The molecule has 0 unspecified atom stereocenters. The number of carbonyl (C=O) groups excluding carboxylic acids is 1. The summed E-state index contributed by atoms with van der Waals surface area (Å²) in [4.78, 5) is 12.1. The van der Waals surface area contributed by atoms with Crippen molar-refractivity contribution in [1.29, 1.82) is 0 Å². The van der Waals surface area contributed by atoms with Gasteiger partial charge in [0.2, 0.25) is 0 Å². The van der Waals surface area contributed by atoms with E-state index in [-0.39, 0.29) is 11.3 Å². The van der Waals surface area contributed by atoms with Crippen LogP contribution in [0.4, 0.5) is 5.69 Å². The Labute approximate surface area is 124 Å². The van der Waals surface area contributed by atoms with Gasteiger partial charge in [-0.1, -0.05) is 17.7 Å². The second-order valence-electron chi connectivity index (χ2n) is 4.10. The number of phenols is 1. The fourth-order valence-corrected chi connectivity index (χ4v) is 2.13. The predicted octanol–water partition coefficient (Wildman–Crippen LogP) is 4.37. The number of halogens is 2. The van der Waals surface area contributed by atoms with Crippen molar-refractivity contribution in [3.05, 3.63) is 57.0 Å². The third-order valence-electron chi connectivity index (χ3n) is 2.57. The standard InChI is InChI=1S/C14H11BrClNO2/c1-8-2-4-11(15)12(6-8)17-14(19)10-7-9(16)3-5-13(10)18/h2-7,18H,1H3,(H,17,19). The van der Waals surface area contributed by atoms with E-state index in [2.05, 4.69) is 21.2 Å². The lowest BCUT2D eigenvalue weighted by Gasteiger charge is -2.09. The van der Waals surface area contributed by atoms with Gasteiger partial charge in [0.15, 0.2) is 0 Å². The highest BCUT2D eigenvalue weighted by atomic mass is 79.9. The van der Waals surface area contributed by atoms with E-state index in [1.54, 1.807) is 0 Å². The number of carbonyl (C=O) groups is 1. The summed E-state index contributed by atoms with van der Waals surface area (Å²) >= 11 is 9.18. The van der Waals surface area contributed by atoms with Crippen molar-refractivity contribution < 1.29 is 9.90 Å². The van der Waals surface area contributed by atoms with Gasteiger partial charge in [-0.05, 0) is 58.7 Å². The highest BCUT2D eigenvalue weighted by molar-refractivity contribution is 9.10. The normalized spacial score (nSPS) is 10.3. The van der Waals surface area contributed by atoms with E-state index in [4.69, 9.17) is 11.6 Å². The summed E-state index contributed by atoms with van der Waals surface area (Å²) in [6.07, 6.45) is 0. The molecule has 0 spiro atoms. The molecule has 0 aromatic heterocycles. The van der Waals surface area contributed by atoms with Crippen LogP contribution < -0.4 is 5.32 Å². The lowest BCUT2D eigenvalue weighted by Crippen LogP contribution is -2.12. The summed E-state index contributed by atoms with van der Waals surface area (Å²) in [5.41, 5.74) is 1.80. The molecule has 1 amide bonds. The fourth-order valence-electron chi connectivity index (χ4n) is 1.61. The molecule has 0 aliphatic carbocycles. The van der Waals surface area contributed by atoms with Crippen molar-refractivity contribution in [2.75, 3.05) is 5.32 Å². The molecular formula is C14H11BrClNO2. The number of hydrogen-bond acceptors (Lipinski definition) is 2. The SMILES string of the molecule is Cc1ccc(Br)c(NC(=O)c2cc(Cl)ccc2O)c1. The molecule has 2 N–H and O–H groups in total. The molecule has 0 atom stereocenters. The summed E-state index contributed by atoms with van der Waals surface area (Å²) in [6.45, 7) is 1.93. The quantitative estimate of drug-likeness (QED) is 0.853. The first kappa shape index (κ1) is 13.9. The van der Waals surface area contributed by atoms with Crippen molar-refractivity contribution in [2.24, 2.45) is 0 Å². The van der Waals surface area contributed by atoms with Crippen molar-refractivity contribution in [1.82, 2.24) is 0 Å². The van der Waals surface area contributed by atoms with E-state index >= 15 is 0 Å². The Morgan fingerprint density at radius 2 is 2.00 bits per heavy atom. The number of rotatable bonds is 2. The summed E-state index contributed by atoms with van der Waals surface area (Å²) in [5, 5.41) is 12.8. The van der Waals surface area contributed by atoms with Gasteiger partial charge in [-0.3, -0.25) is 4.79 Å². The first-order chi connectivity index (χ1) is 8.97. The summed E-state index contributed by atoms with van der Waals surface area (Å²) in [7, 11) is 0. The van der Waals surface area contributed by atoms with E-state index in [0.29, 0.717) is 10.7 Å². The van der Waals surface area contributed by atoms with Crippen molar-refractivity contribution in [3.8, 4) is 5.75 Å². The zero-order valence-electron chi connectivity index (χ0n) is 10.1. The van der Waals surface area contributed by atoms with Crippen molar-refractivity contribution in [2.45, 2.75) is 6.92 Å². The van der Waals surface area contributed by atoms with Crippen LogP contribution in [0.25, 0.3) is 0 Å². The van der Waals surface area contributed by atoms with Crippen LogP contribution in [0, 0.1) is 6.92 Å². The second kappa shape index (κ2) is 5.63. The van der Waals surface area contributed by atoms with Gasteiger partial charge >= 0.3 is 0 Å². The van der Waals surface area contributed by atoms with Crippen LogP contribution in [-0.2, 0) is 0 Å². The van der Waals surface area contributed by atoms with E-state index in [1.165, 1.54) is 18.2 Å². The third kappa shape index (κ3) is 3.28. The van der Waals surface area contributed by atoms with E-state index in [9.17, 15) is 9.90 Å². The highest BCUT2D eigenvalue weighted by Crippen LogP contribution is 2.26. The number of aromatic hydroxyl groups is 1. The van der Waals surface area contributed by atoms with Gasteiger partial charge in [0, 0.05) is 9.50 Å². The lowest BCUT2D eigenvalue weighted by atomic mass is 10.1. The zero-order valence-corrected chi connectivity index (χ0v) is 12.4. The average Bonchev–Trinajstić information content (AvgIpc) is 2.36. The molecule has 5 heteroatoms. The largest absolute Gasteiger partial charge is 0.507 e. The Kier molecular flexibility index (Phi) is 4.12. The minimum Gasteiger partial charge on any atom is -0.507 e. The van der Waals surface area contributed by atoms with Crippen LogP contribution in [0.15, 0.2) is 40.9 Å². The van der Waals surface area contributed by atoms with Crippen LogP contribution >= 0.6 is 27.5 Å². The minimum absolute atomic E-state index is 0.106. The number of hydrogen-bond donors (Lipinski definition) is 2. The Morgan fingerprint density at radius 3 is 2.74 bits per heavy atom. The first-order valence-corrected chi connectivity index (χ1v) is 6.70. The van der Waals surface area contributed by atoms with Crippen LogP contribution in [-0.4, -0.2) is 11.0 Å². The smallest absolute Gasteiger partial charge is 0.259 e. The van der Waals surface area contributed by atoms with Gasteiger partial charge in [0.1, 0.15) is 5.75 Å². The van der Waals surface area contributed by atoms with Gasteiger partial charge in [-0.2, -0.15) is 0 Å². The average molecular weight is 341 g/mol. The lowest BCUT2D eigenvalue weighted by molar-refractivity contribution is 0.102. The van der Waals surface area contributed by atoms with Gasteiger partial charge in [-0.25, -0.2) is 0 Å². The molecule has 0 saturated carbocycles. The van der Waals surface area contributed by atoms with E-state index in [0.717, 1.165) is 10.0 Å². The molecule has 0 aliphatic rings. The van der Waals surface area contributed by atoms with Crippen molar-refractivity contribution in [3.63, 3.8) is 0 Å². The summed E-state index contributed by atoms with van der Waals surface area (Å²) in [6, 6.07) is 9.96. The first-order valence-electron chi connectivity index (χ1n) is 5.53. The Balaban J connectivity index is 2.30. The fraction of sp³-hybridized carbons (Fsp3) is 0.0714. The van der Waals surface area contributed by atoms with Crippen LogP contribution in [0.1, 0.15) is 15.9 Å². The molecule has 2 rings (SSSR count). The molecule has 0 saturated heterocycles. The van der Waals surface area contributed by atoms with Gasteiger partial charge in [0.05, 0.1) is 11.3 Å². The number of aryl methyl sites for hydroxylation is 1. The Bertz CT molecular complexity index is 643. The minimum atomic E-state index is -0.411. The summed E-state index contributed by atoms with van der Waals surface area (Å²) in [5.74, 6) is -0.517. The number of benzene rings is 2. The van der Waals surface area contributed by atoms with Crippen LogP contribution in [0.2, 0.25) is 5.02 Å². The van der Waals surface area contributed by atoms with E-state index in [1.807, 2.05) is 25.1 Å². The molecule has 0 heterocycles. The van der Waals surface area contributed by atoms with E-state index < -0.39 is 5.91 Å². The van der Waals surface area contributed by atoms with Crippen LogP contribution in [0.3, 0.4) is 0 Å². The number of nitrogens with one attached hydrogen (secondary N) is 1. The second-order valence-corrected chi connectivity index (χ2v) is 5.39. The Hall–Kier alpha value is -1.52. The molecule has 98 valence electrons. The molecule has 0 radical (unpaired) electrons. The topological polar surface area (TPSA) is 49.3 Å². The molecule has 3 nitrogen and oxygen atoms in total. The van der Waals surface area contributed by atoms with Crippen molar-refractivity contribution >= 4 is 39.1 Å². The van der Waals surface area contributed by atoms with Gasteiger partial charge in [-0.15, -0.1) is 0 Å². The maximum Gasteiger partial charge on any atom is 0.259 e. The Morgan fingerprint density at radius 1 is 1.26 bits per heavy atom. The molecule has 2 aromatic carbocycles. The summed E-state index contributed by atoms with van der Waals surface area (Å²) < 4.78 is 0.771. The molecule has 0 fully saturated rings. The number of amides is 1. The van der Waals surface area contributed by atoms with Gasteiger partial charge in [0.25, 0.3) is 5.91 Å². The molecule has 0 bridgehead atoms. The van der Waals surface area contributed by atoms with Gasteiger partial charge < -0.3 is 10.4 Å². The third-order valence-corrected chi connectivity index (χ3v) is 3.50. The van der Waals surface area contributed by atoms with Crippen LogP contribution in [0.5, 0.6) is 5.75 Å². The maximum atomic E-state index is 12.1. The maximum absolute atomic E-state index is 12.1. The molecular weight excluding hydrogens is 330 g/mol. The zero-order chi connectivity index (χ0) is 14.0. The molecule has 0 aliphatic heterocycles. The number of phenolic OH excluding ortho intramolecular Hbond substituents is 1. The monoisotopic (exact) mass is 339 g/mol. The molecule has 19 heavy (non-hydrogen) atoms. The predicted molar refractivity (Wildman–Crippen MR) is 79.9 cm³/mol. The molecule has 2 aromatic rings.